The van der Waals surface area contributed by atoms with Gasteiger partial charge in [0.2, 0.25) is 0 Å². The molecule has 0 unspecified atom stereocenters. The third kappa shape index (κ3) is 1.65. The summed E-state index contributed by atoms with van der Waals surface area (Å²) in [6.07, 6.45) is 0. The summed E-state index contributed by atoms with van der Waals surface area (Å²) < 4.78 is 13.2. The minimum atomic E-state index is -1.21. The number of halogens is 2. The molecule has 0 radical (unpaired) electrons. The third-order valence-electron chi connectivity index (χ3n) is 1.72. The van der Waals surface area contributed by atoms with Gasteiger partial charge in [0.25, 0.3) is 0 Å². The van der Waals surface area contributed by atoms with Gasteiger partial charge in [-0.3, -0.25) is 0 Å². The van der Waals surface area contributed by atoms with Crippen molar-refractivity contribution in [3.8, 4) is 0 Å². The van der Waals surface area contributed by atoms with Crippen LogP contribution in [0, 0.1) is 12.7 Å². The van der Waals surface area contributed by atoms with E-state index in [1.54, 1.807) is 0 Å². The molecule has 3 N–H and O–H groups in total. The molecule has 0 aromatic heterocycles. The number of anilines is 1. The molecule has 1 rings (SSSR count). The van der Waals surface area contributed by atoms with Crippen molar-refractivity contribution in [2.45, 2.75) is 6.92 Å². The highest BCUT2D eigenvalue weighted by atomic mass is 79.9. The minimum absolute atomic E-state index is 0.0632. The van der Waals surface area contributed by atoms with Gasteiger partial charge in [-0.15, -0.1) is 0 Å². The van der Waals surface area contributed by atoms with Crippen LogP contribution in [0.5, 0.6) is 0 Å². The maximum Gasteiger partial charge on any atom is 0.337 e. The second-order valence-corrected chi connectivity index (χ2v) is 3.36. The molecule has 0 saturated carbocycles. The van der Waals surface area contributed by atoms with Crippen LogP contribution in [0.3, 0.4) is 0 Å². The zero-order valence-electron chi connectivity index (χ0n) is 6.77. The lowest BCUT2D eigenvalue weighted by atomic mass is 10.1. The average molecular weight is 248 g/mol. The molecule has 0 heterocycles. The SMILES string of the molecule is Cc1c(N)cc(C(=O)O)c(Br)c1F. The molecule has 0 aliphatic heterocycles. The van der Waals surface area contributed by atoms with Gasteiger partial charge in [0.15, 0.2) is 0 Å². The molecular weight excluding hydrogens is 241 g/mol. The van der Waals surface area contributed by atoms with Gasteiger partial charge in [0, 0.05) is 11.3 Å². The number of benzene rings is 1. The van der Waals surface area contributed by atoms with Crippen LogP contribution in [0.1, 0.15) is 15.9 Å². The van der Waals surface area contributed by atoms with Crippen molar-refractivity contribution in [1.29, 1.82) is 0 Å². The normalized spacial score (nSPS) is 10.1. The predicted molar refractivity (Wildman–Crippen MR) is 50.2 cm³/mol. The van der Waals surface area contributed by atoms with E-state index < -0.39 is 11.8 Å². The third-order valence-corrected chi connectivity index (χ3v) is 2.50. The zero-order valence-corrected chi connectivity index (χ0v) is 8.35. The van der Waals surface area contributed by atoms with Gasteiger partial charge in [-0.2, -0.15) is 0 Å². The van der Waals surface area contributed by atoms with Crippen LogP contribution in [0.2, 0.25) is 0 Å². The van der Waals surface area contributed by atoms with Gasteiger partial charge >= 0.3 is 5.97 Å². The smallest absolute Gasteiger partial charge is 0.337 e. The van der Waals surface area contributed by atoms with E-state index in [-0.39, 0.29) is 21.3 Å². The fourth-order valence-electron chi connectivity index (χ4n) is 0.892. The molecule has 70 valence electrons. The summed E-state index contributed by atoms with van der Waals surface area (Å²) in [4.78, 5) is 10.6. The fourth-order valence-corrected chi connectivity index (χ4v) is 1.47. The molecule has 0 aliphatic carbocycles. The van der Waals surface area contributed by atoms with E-state index in [0.717, 1.165) is 0 Å². The van der Waals surface area contributed by atoms with Crippen LogP contribution in [-0.4, -0.2) is 11.1 Å². The predicted octanol–water partition coefficient (Wildman–Crippen LogP) is 2.18. The monoisotopic (exact) mass is 247 g/mol. The minimum Gasteiger partial charge on any atom is -0.478 e. The van der Waals surface area contributed by atoms with E-state index in [9.17, 15) is 9.18 Å². The number of rotatable bonds is 1. The van der Waals surface area contributed by atoms with E-state index in [1.807, 2.05) is 0 Å². The van der Waals surface area contributed by atoms with E-state index in [4.69, 9.17) is 10.8 Å². The maximum atomic E-state index is 13.2. The molecule has 0 amide bonds. The quantitative estimate of drug-likeness (QED) is 0.748. The Balaban J connectivity index is 3.50. The number of nitrogen functional groups attached to an aromatic ring is 1. The summed E-state index contributed by atoms with van der Waals surface area (Å²) in [6.45, 7) is 1.49. The van der Waals surface area contributed by atoms with Gasteiger partial charge in [-0.1, -0.05) is 0 Å². The number of carbonyl (C=O) groups is 1. The van der Waals surface area contributed by atoms with Crippen molar-refractivity contribution in [2.75, 3.05) is 5.73 Å². The van der Waals surface area contributed by atoms with Gasteiger partial charge < -0.3 is 10.8 Å². The van der Waals surface area contributed by atoms with Crippen LogP contribution in [0.15, 0.2) is 10.5 Å². The molecule has 0 bridgehead atoms. The zero-order chi connectivity index (χ0) is 10.2. The van der Waals surface area contributed by atoms with Crippen LogP contribution in [0.4, 0.5) is 10.1 Å². The number of hydrogen-bond donors (Lipinski definition) is 2. The van der Waals surface area contributed by atoms with Crippen LogP contribution in [0.25, 0.3) is 0 Å². The Morgan fingerprint density at radius 1 is 1.69 bits per heavy atom. The molecule has 0 fully saturated rings. The van der Waals surface area contributed by atoms with Crippen molar-refractivity contribution in [3.63, 3.8) is 0 Å². The maximum absolute atomic E-state index is 13.2. The number of nitrogens with two attached hydrogens (primary N) is 1. The Morgan fingerprint density at radius 2 is 2.23 bits per heavy atom. The Morgan fingerprint density at radius 3 is 2.69 bits per heavy atom. The molecule has 13 heavy (non-hydrogen) atoms. The first-order valence-electron chi connectivity index (χ1n) is 3.42. The van der Waals surface area contributed by atoms with Crippen LogP contribution in [-0.2, 0) is 0 Å². The summed E-state index contributed by atoms with van der Waals surface area (Å²) in [5, 5.41) is 8.65. The lowest BCUT2D eigenvalue weighted by molar-refractivity contribution is 0.0695. The van der Waals surface area contributed by atoms with Crippen molar-refractivity contribution in [2.24, 2.45) is 0 Å². The lowest BCUT2D eigenvalue weighted by Crippen LogP contribution is -2.04. The average Bonchev–Trinajstić information content (AvgIpc) is 2.07. The molecule has 0 saturated heterocycles. The topological polar surface area (TPSA) is 63.3 Å². The summed E-state index contributed by atoms with van der Waals surface area (Å²) in [6, 6.07) is 1.23. The summed E-state index contributed by atoms with van der Waals surface area (Å²) in [5.74, 6) is -1.84. The Bertz CT molecular complexity index is 379. The molecule has 0 atom stereocenters. The highest BCUT2D eigenvalue weighted by molar-refractivity contribution is 9.10. The van der Waals surface area contributed by atoms with Crippen molar-refractivity contribution >= 4 is 27.6 Å². The largest absolute Gasteiger partial charge is 0.478 e. The van der Waals surface area contributed by atoms with Crippen LogP contribution >= 0.6 is 15.9 Å². The number of aromatic carboxylic acids is 1. The second kappa shape index (κ2) is 3.33. The fraction of sp³-hybridized carbons (Fsp3) is 0.125. The molecule has 5 heteroatoms. The molecule has 3 nitrogen and oxygen atoms in total. The molecule has 0 aliphatic rings. The summed E-state index contributed by atoms with van der Waals surface area (Å²) in [5.41, 5.74) is 5.62. The van der Waals surface area contributed by atoms with E-state index in [1.165, 1.54) is 13.0 Å². The Kier molecular flexibility index (Phi) is 2.56. The first kappa shape index (κ1) is 9.98. The van der Waals surface area contributed by atoms with E-state index in [0.29, 0.717) is 0 Å². The van der Waals surface area contributed by atoms with Gasteiger partial charge in [0.05, 0.1) is 10.0 Å². The Labute approximate surface area is 82.5 Å². The second-order valence-electron chi connectivity index (χ2n) is 2.57. The molecule has 0 spiro atoms. The van der Waals surface area contributed by atoms with E-state index >= 15 is 0 Å². The molecule has 1 aromatic rings. The van der Waals surface area contributed by atoms with E-state index in [2.05, 4.69) is 15.9 Å². The number of carboxylic acid groups (broad SMARTS) is 1. The van der Waals surface area contributed by atoms with Gasteiger partial charge in [-0.05, 0) is 28.9 Å². The Hall–Kier alpha value is -1.10. The first-order chi connectivity index (χ1) is 5.95. The van der Waals surface area contributed by atoms with Crippen molar-refractivity contribution in [3.05, 3.63) is 27.5 Å². The van der Waals surface area contributed by atoms with Crippen molar-refractivity contribution < 1.29 is 14.3 Å². The number of carboxylic acids is 1. The van der Waals surface area contributed by atoms with Gasteiger partial charge in [0.1, 0.15) is 5.82 Å². The molecular formula is C8H7BrFNO2. The highest BCUT2D eigenvalue weighted by Crippen LogP contribution is 2.27. The van der Waals surface area contributed by atoms with Gasteiger partial charge in [-0.25, -0.2) is 9.18 Å². The van der Waals surface area contributed by atoms with Crippen LogP contribution < -0.4 is 5.73 Å². The van der Waals surface area contributed by atoms with Crippen molar-refractivity contribution in [1.82, 2.24) is 0 Å². The molecule has 1 aromatic carbocycles. The number of hydrogen-bond acceptors (Lipinski definition) is 2. The first-order valence-corrected chi connectivity index (χ1v) is 4.21. The summed E-state index contributed by atoms with van der Waals surface area (Å²) >= 11 is 2.85. The summed E-state index contributed by atoms with van der Waals surface area (Å²) in [7, 11) is 0. The highest BCUT2D eigenvalue weighted by Gasteiger charge is 2.16. The lowest BCUT2D eigenvalue weighted by Gasteiger charge is -2.06. The standard InChI is InChI=1S/C8H7BrFNO2/c1-3-5(11)2-4(8(12)13)6(9)7(3)10/h2H,11H2,1H3,(H,12,13).